The van der Waals surface area contributed by atoms with Gasteiger partial charge in [-0.2, -0.15) is 0 Å². The van der Waals surface area contributed by atoms with Gasteiger partial charge in [-0.3, -0.25) is 0 Å². The van der Waals surface area contributed by atoms with Crippen molar-refractivity contribution >= 4 is 28.9 Å². The molecule has 0 saturated carbocycles. The Hall–Kier alpha value is -1.92. The highest BCUT2D eigenvalue weighted by atomic mass is 35.5. The Bertz CT molecular complexity index is 649. The van der Waals surface area contributed by atoms with Crippen molar-refractivity contribution < 1.29 is 9.13 Å². The molecule has 0 radical (unpaired) electrons. The van der Waals surface area contributed by atoms with Gasteiger partial charge in [-0.05, 0) is 31.0 Å². The lowest BCUT2D eigenvalue weighted by Gasteiger charge is -2.23. The number of anilines is 3. The van der Waals surface area contributed by atoms with Crippen LogP contribution in [0.15, 0.2) is 30.6 Å². The lowest BCUT2D eigenvalue weighted by molar-refractivity contribution is 0.0904. The molecule has 3 rings (SSSR count). The van der Waals surface area contributed by atoms with E-state index in [2.05, 4.69) is 20.6 Å². The van der Waals surface area contributed by atoms with Gasteiger partial charge in [0, 0.05) is 31.0 Å². The van der Waals surface area contributed by atoms with Gasteiger partial charge in [-0.25, -0.2) is 14.4 Å². The molecule has 0 unspecified atom stereocenters. The Balaban J connectivity index is 1.68. The summed E-state index contributed by atoms with van der Waals surface area (Å²) in [5, 5.41) is 6.52. The summed E-state index contributed by atoms with van der Waals surface area (Å²) in [5.74, 6) is 0.918. The van der Waals surface area contributed by atoms with Crippen LogP contribution in [0.2, 0.25) is 5.02 Å². The average Bonchev–Trinajstić information content (AvgIpc) is 2.52. The number of nitrogens with one attached hydrogen (secondary N) is 2. The number of benzene rings is 1. The zero-order valence-corrected chi connectivity index (χ0v) is 12.6. The van der Waals surface area contributed by atoms with Crippen LogP contribution in [-0.2, 0) is 4.74 Å². The van der Waals surface area contributed by atoms with E-state index in [0.717, 1.165) is 31.9 Å². The van der Waals surface area contributed by atoms with E-state index in [1.807, 2.05) is 6.07 Å². The molecule has 0 atom stereocenters. The summed E-state index contributed by atoms with van der Waals surface area (Å²) < 4.78 is 18.5. The Kier molecular flexibility index (Phi) is 4.70. The topological polar surface area (TPSA) is 59.1 Å². The van der Waals surface area contributed by atoms with Gasteiger partial charge >= 0.3 is 0 Å². The first-order valence-electron chi connectivity index (χ1n) is 7.09. The molecular formula is C15H16ClFN4O. The van der Waals surface area contributed by atoms with Gasteiger partial charge in [-0.15, -0.1) is 0 Å². The van der Waals surface area contributed by atoms with E-state index in [4.69, 9.17) is 16.3 Å². The van der Waals surface area contributed by atoms with Crippen LogP contribution in [-0.4, -0.2) is 29.2 Å². The minimum absolute atomic E-state index is 0.0691. The smallest absolute Gasteiger partial charge is 0.141 e. The maximum absolute atomic E-state index is 13.2. The van der Waals surface area contributed by atoms with Gasteiger partial charge in [0.1, 0.15) is 23.8 Å². The molecule has 0 aliphatic carbocycles. The quantitative estimate of drug-likeness (QED) is 0.900. The molecule has 2 heterocycles. The van der Waals surface area contributed by atoms with Gasteiger partial charge in [0.05, 0.1) is 5.02 Å². The fraction of sp³-hybridized carbons (Fsp3) is 0.333. The predicted molar refractivity (Wildman–Crippen MR) is 84.2 cm³/mol. The van der Waals surface area contributed by atoms with Gasteiger partial charge in [-0.1, -0.05) is 11.6 Å². The average molecular weight is 323 g/mol. The third-order valence-corrected chi connectivity index (χ3v) is 3.72. The first kappa shape index (κ1) is 15.0. The summed E-state index contributed by atoms with van der Waals surface area (Å²) in [7, 11) is 0. The molecule has 2 N–H and O–H groups in total. The number of ether oxygens (including phenoxy) is 1. The molecule has 116 valence electrons. The number of halogens is 2. The first-order chi connectivity index (χ1) is 10.7. The highest BCUT2D eigenvalue weighted by Crippen LogP contribution is 2.23. The highest BCUT2D eigenvalue weighted by molar-refractivity contribution is 6.31. The van der Waals surface area contributed by atoms with Crippen LogP contribution in [0.25, 0.3) is 0 Å². The van der Waals surface area contributed by atoms with Gasteiger partial charge in [0.25, 0.3) is 0 Å². The molecule has 0 amide bonds. The summed E-state index contributed by atoms with van der Waals surface area (Å²) in [6.45, 7) is 1.53. The van der Waals surface area contributed by atoms with Crippen LogP contribution in [0.5, 0.6) is 0 Å². The molecule has 1 saturated heterocycles. The standard InChI is InChI=1S/C15H16ClFN4O/c16-12-7-11(1-2-13(12)17)21-15-8-14(18-9-19-15)20-10-3-5-22-6-4-10/h1-2,7-10H,3-6H2,(H2,18,19,20,21). The van der Waals surface area contributed by atoms with E-state index in [1.54, 1.807) is 6.07 Å². The summed E-state index contributed by atoms with van der Waals surface area (Å²) in [5.41, 5.74) is 0.669. The summed E-state index contributed by atoms with van der Waals surface area (Å²) in [6.07, 6.45) is 3.40. The normalized spacial score (nSPS) is 15.5. The monoisotopic (exact) mass is 322 g/mol. The number of hydrogen-bond donors (Lipinski definition) is 2. The molecule has 1 aromatic carbocycles. The maximum Gasteiger partial charge on any atom is 0.141 e. The summed E-state index contributed by atoms with van der Waals surface area (Å²) >= 11 is 5.77. The van der Waals surface area contributed by atoms with Crippen LogP contribution < -0.4 is 10.6 Å². The largest absolute Gasteiger partial charge is 0.381 e. The Labute approximate surface area is 132 Å². The second-order valence-corrected chi connectivity index (χ2v) is 5.48. The molecule has 1 aliphatic rings. The molecule has 1 aromatic heterocycles. The minimum Gasteiger partial charge on any atom is -0.381 e. The second-order valence-electron chi connectivity index (χ2n) is 5.07. The van der Waals surface area contributed by atoms with Crippen molar-refractivity contribution in [3.63, 3.8) is 0 Å². The molecule has 0 bridgehead atoms. The number of rotatable bonds is 4. The zero-order chi connectivity index (χ0) is 15.4. The first-order valence-corrected chi connectivity index (χ1v) is 7.47. The van der Waals surface area contributed by atoms with Crippen molar-refractivity contribution in [3.05, 3.63) is 41.4 Å². The van der Waals surface area contributed by atoms with E-state index in [9.17, 15) is 4.39 Å². The second kappa shape index (κ2) is 6.89. The predicted octanol–water partition coefficient (Wildman–Crippen LogP) is 3.60. The van der Waals surface area contributed by atoms with Crippen LogP contribution in [0.1, 0.15) is 12.8 Å². The summed E-state index contributed by atoms with van der Waals surface area (Å²) in [6, 6.07) is 6.61. The fourth-order valence-corrected chi connectivity index (χ4v) is 2.46. The van der Waals surface area contributed by atoms with Crippen molar-refractivity contribution in [1.82, 2.24) is 9.97 Å². The van der Waals surface area contributed by atoms with E-state index in [-0.39, 0.29) is 5.02 Å². The summed E-state index contributed by atoms with van der Waals surface area (Å²) in [4.78, 5) is 8.37. The van der Waals surface area contributed by atoms with Crippen LogP contribution >= 0.6 is 11.6 Å². The Morgan fingerprint density at radius 2 is 1.91 bits per heavy atom. The van der Waals surface area contributed by atoms with Gasteiger partial charge in [0.15, 0.2) is 0 Å². The SMILES string of the molecule is Fc1ccc(Nc2cc(NC3CCOCC3)ncn2)cc1Cl. The van der Waals surface area contributed by atoms with E-state index in [1.165, 1.54) is 18.5 Å². The molecule has 1 aliphatic heterocycles. The number of hydrogen-bond acceptors (Lipinski definition) is 5. The van der Waals surface area contributed by atoms with Crippen LogP contribution in [0.3, 0.4) is 0 Å². The van der Waals surface area contributed by atoms with Gasteiger partial charge < -0.3 is 15.4 Å². The third kappa shape index (κ3) is 3.84. The third-order valence-electron chi connectivity index (χ3n) is 3.43. The lowest BCUT2D eigenvalue weighted by atomic mass is 10.1. The molecular weight excluding hydrogens is 307 g/mol. The minimum atomic E-state index is -0.447. The number of nitrogens with zero attached hydrogens (tertiary/aromatic N) is 2. The van der Waals surface area contributed by atoms with E-state index >= 15 is 0 Å². The van der Waals surface area contributed by atoms with Crippen molar-refractivity contribution in [2.45, 2.75) is 18.9 Å². The molecule has 2 aromatic rings. The van der Waals surface area contributed by atoms with Crippen molar-refractivity contribution in [1.29, 1.82) is 0 Å². The van der Waals surface area contributed by atoms with E-state index < -0.39 is 5.82 Å². The van der Waals surface area contributed by atoms with Crippen molar-refractivity contribution in [2.24, 2.45) is 0 Å². The lowest BCUT2D eigenvalue weighted by Crippen LogP contribution is -2.28. The molecule has 1 fully saturated rings. The molecule has 7 heteroatoms. The van der Waals surface area contributed by atoms with Crippen LogP contribution in [0.4, 0.5) is 21.7 Å². The van der Waals surface area contributed by atoms with Crippen LogP contribution in [0, 0.1) is 5.82 Å². The fourth-order valence-electron chi connectivity index (χ4n) is 2.28. The van der Waals surface area contributed by atoms with E-state index in [0.29, 0.717) is 17.5 Å². The Morgan fingerprint density at radius 1 is 1.14 bits per heavy atom. The maximum atomic E-state index is 13.2. The molecule has 5 nitrogen and oxygen atoms in total. The molecule has 0 spiro atoms. The zero-order valence-electron chi connectivity index (χ0n) is 11.9. The number of aromatic nitrogens is 2. The van der Waals surface area contributed by atoms with Crippen molar-refractivity contribution in [3.8, 4) is 0 Å². The highest BCUT2D eigenvalue weighted by Gasteiger charge is 2.14. The Morgan fingerprint density at radius 3 is 2.68 bits per heavy atom. The van der Waals surface area contributed by atoms with Crippen molar-refractivity contribution in [2.75, 3.05) is 23.8 Å². The van der Waals surface area contributed by atoms with Gasteiger partial charge in [0.2, 0.25) is 0 Å². The molecule has 22 heavy (non-hydrogen) atoms.